The molecule has 1 N–H and O–H groups in total. The Kier molecular flexibility index (Phi) is 6.27. The minimum atomic E-state index is -1.01. The molecule has 1 aromatic carbocycles. The van der Waals surface area contributed by atoms with E-state index in [9.17, 15) is 9.59 Å². The summed E-state index contributed by atoms with van der Waals surface area (Å²) in [6.07, 6.45) is -0.602. The minimum absolute atomic E-state index is 0.149. The summed E-state index contributed by atoms with van der Waals surface area (Å²) in [5, 5.41) is 21.1. The fraction of sp³-hybridized carbons (Fsp3) is 0.400. The number of hydrogen-bond donors (Lipinski definition) is 1. The second-order valence-electron chi connectivity index (χ2n) is 7.26. The second kappa shape index (κ2) is 8.45. The Balaban J connectivity index is 2.24. The quantitative estimate of drug-likeness (QED) is 0.794. The number of aryl methyl sites for hydroxylation is 1. The summed E-state index contributed by atoms with van der Waals surface area (Å²) in [4.78, 5) is 24.4. The van der Waals surface area contributed by atoms with Gasteiger partial charge in [0.15, 0.2) is 6.61 Å². The SMILES string of the molecule is Cn1c(C#N)cc2cc(C[C@H](NC(=O)OC(C)(C)C)C(=O)OCC#N)ccc21. The van der Waals surface area contributed by atoms with Crippen LogP contribution in [0.25, 0.3) is 10.9 Å². The first kappa shape index (κ1) is 20.8. The Labute approximate surface area is 163 Å². The fourth-order valence-electron chi connectivity index (χ4n) is 2.72. The van der Waals surface area contributed by atoms with Crippen LogP contribution in [0.1, 0.15) is 32.0 Å². The lowest BCUT2D eigenvalue weighted by atomic mass is 10.0. The number of carbonyl (C=O) groups excluding carboxylic acids is 2. The number of benzene rings is 1. The van der Waals surface area contributed by atoms with Crippen molar-refractivity contribution in [3.05, 3.63) is 35.5 Å². The van der Waals surface area contributed by atoms with E-state index in [4.69, 9.17) is 20.0 Å². The van der Waals surface area contributed by atoms with E-state index in [1.54, 1.807) is 44.5 Å². The summed E-state index contributed by atoms with van der Waals surface area (Å²) in [5.74, 6) is -0.724. The van der Waals surface area contributed by atoms with Gasteiger partial charge in [-0.1, -0.05) is 6.07 Å². The maximum absolute atomic E-state index is 12.3. The van der Waals surface area contributed by atoms with Crippen molar-refractivity contribution in [1.29, 1.82) is 10.5 Å². The molecule has 0 aliphatic rings. The van der Waals surface area contributed by atoms with E-state index >= 15 is 0 Å². The fourth-order valence-corrected chi connectivity index (χ4v) is 2.72. The number of nitriles is 2. The number of alkyl carbamates (subject to hydrolysis) is 1. The molecule has 2 aromatic rings. The van der Waals surface area contributed by atoms with E-state index in [0.717, 1.165) is 16.5 Å². The lowest BCUT2D eigenvalue weighted by Crippen LogP contribution is -2.45. The third-order valence-electron chi connectivity index (χ3n) is 3.92. The zero-order valence-electron chi connectivity index (χ0n) is 16.3. The molecule has 0 saturated heterocycles. The van der Waals surface area contributed by atoms with Crippen LogP contribution in [-0.4, -0.2) is 34.9 Å². The largest absolute Gasteiger partial charge is 0.449 e. The van der Waals surface area contributed by atoms with Gasteiger partial charge in [0.25, 0.3) is 0 Å². The summed E-state index contributed by atoms with van der Waals surface area (Å²) < 4.78 is 11.8. The van der Waals surface area contributed by atoms with Gasteiger partial charge in [0.2, 0.25) is 0 Å². The van der Waals surface area contributed by atoms with Crippen LogP contribution in [0.15, 0.2) is 24.3 Å². The minimum Gasteiger partial charge on any atom is -0.449 e. The molecule has 0 aliphatic heterocycles. The number of nitrogens with zero attached hydrogens (tertiary/aromatic N) is 3. The number of nitrogens with one attached hydrogen (secondary N) is 1. The molecular weight excluding hydrogens is 360 g/mol. The molecule has 1 amide bonds. The molecule has 1 aromatic heterocycles. The average Bonchev–Trinajstić information content (AvgIpc) is 2.93. The molecule has 8 heteroatoms. The van der Waals surface area contributed by atoms with Crippen molar-refractivity contribution in [3.8, 4) is 12.1 Å². The maximum Gasteiger partial charge on any atom is 0.408 e. The first-order valence-corrected chi connectivity index (χ1v) is 8.66. The first-order valence-electron chi connectivity index (χ1n) is 8.66. The van der Waals surface area contributed by atoms with Crippen LogP contribution in [0, 0.1) is 22.7 Å². The molecule has 8 nitrogen and oxygen atoms in total. The summed E-state index contributed by atoms with van der Waals surface area (Å²) >= 11 is 0. The number of aromatic nitrogens is 1. The van der Waals surface area contributed by atoms with E-state index in [1.807, 2.05) is 18.2 Å². The van der Waals surface area contributed by atoms with Gasteiger partial charge in [-0.2, -0.15) is 10.5 Å². The number of carbonyl (C=O) groups is 2. The van der Waals surface area contributed by atoms with Crippen molar-refractivity contribution < 1.29 is 19.1 Å². The van der Waals surface area contributed by atoms with Gasteiger partial charge < -0.3 is 19.4 Å². The highest BCUT2D eigenvalue weighted by Crippen LogP contribution is 2.21. The lowest BCUT2D eigenvalue weighted by Gasteiger charge is -2.22. The topological polar surface area (TPSA) is 117 Å². The van der Waals surface area contributed by atoms with Crippen LogP contribution in [0.4, 0.5) is 4.79 Å². The Morgan fingerprint density at radius 3 is 2.57 bits per heavy atom. The molecule has 1 atom stereocenters. The van der Waals surface area contributed by atoms with Gasteiger partial charge in [-0.05, 0) is 44.5 Å². The molecule has 0 unspecified atom stereocenters. The van der Waals surface area contributed by atoms with Crippen LogP contribution in [0.2, 0.25) is 0 Å². The van der Waals surface area contributed by atoms with Gasteiger partial charge in [-0.15, -0.1) is 0 Å². The monoisotopic (exact) mass is 382 g/mol. The van der Waals surface area contributed by atoms with E-state index in [1.165, 1.54) is 0 Å². The van der Waals surface area contributed by atoms with Gasteiger partial charge in [-0.25, -0.2) is 9.59 Å². The van der Waals surface area contributed by atoms with Crippen molar-refractivity contribution in [1.82, 2.24) is 9.88 Å². The Hall–Kier alpha value is -3.52. The smallest absolute Gasteiger partial charge is 0.408 e. The molecule has 0 radical (unpaired) electrons. The number of fused-ring (bicyclic) bond motifs is 1. The molecule has 2 rings (SSSR count). The molecule has 0 saturated carbocycles. The van der Waals surface area contributed by atoms with Crippen molar-refractivity contribution in [2.45, 2.75) is 38.8 Å². The second-order valence-corrected chi connectivity index (χ2v) is 7.26. The summed E-state index contributed by atoms with van der Waals surface area (Å²) in [5.41, 5.74) is 1.44. The Morgan fingerprint density at radius 2 is 1.96 bits per heavy atom. The number of esters is 1. The molecule has 146 valence electrons. The molecule has 1 heterocycles. The molecular formula is C20H22N4O4. The van der Waals surface area contributed by atoms with Crippen LogP contribution in [0.5, 0.6) is 0 Å². The lowest BCUT2D eigenvalue weighted by molar-refractivity contribution is -0.144. The predicted octanol–water partition coefficient (Wildman–Crippen LogP) is 2.55. The number of ether oxygens (including phenoxy) is 2. The zero-order chi connectivity index (χ0) is 20.9. The third-order valence-corrected chi connectivity index (χ3v) is 3.92. The van der Waals surface area contributed by atoms with Crippen molar-refractivity contribution in [2.24, 2.45) is 7.05 Å². The summed E-state index contributed by atoms with van der Waals surface area (Å²) in [7, 11) is 1.80. The highest BCUT2D eigenvalue weighted by molar-refractivity contribution is 5.84. The third kappa shape index (κ3) is 5.24. The van der Waals surface area contributed by atoms with E-state index in [-0.39, 0.29) is 6.42 Å². The molecule has 0 fully saturated rings. The summed E-state index contributed by atoms with van der Waals surface area (Å²) in [6.45, 7) is 4.73. The molecule has 0 aliphatic carbocycles. The maximum atomic E-state index is 12.3. The van der Waals surface area contributed by atoms with Gasteiger partial charge in [0, 0.05) is 24.4 Å². The summed E-state index contributed by atoms with van der Waals surface area (Å²) in [6, 6.07) is 10.1. The molecule has 28 heavy (non-hydrogen) atoms. The Bertz CT molecular complexity index is 973. The molecule has 0 bridgehead atoms. The highest BCUT2D eigenvalue weighted by Gasteiger charge is 2.26. The number of rotatable bonds is 5. The molecule has 0 spiro atoms. The predicted molar refractivity (Wildman–Crippen MR) is 101 cm³/mol. The first-order chi connectivity index (χ1) is 13.1. The standard InChI is InChI=1S/C20H22N4O4/c1-20(2,3)28-19(26)23-16(18(25)27-8-7-21)10-13-5-6-17-14(9-13)11-15(12-22)24(17)4/h5-6,9,11,16H,8,10H2,1-4H3,(H,23,26)/t16-/m0/s1. The zero-order valence-corrected chi connectivity index (χ0v) is 16.3. The van der Waals surface area contributed by atoms with Crippen LogP contribution >= 0.6 is 0 Å². The van der Waals surface area contributed by atoms with Gasteiger partial charge in [0.05, 0.1) is 0 Å². The number of amides is 1. The Morgan fingerprint density at radius 1 is 1.25 bits per heavy atom. The number of hydrogen-bond acceptors (Lipinski definition) is 6. The van der Waals surface area contributed by atoms with Crippen molar-refractivity contribution in [2.75, 3.05) is 6.61 Å². The van der Waals surface area contributed by atoms with E-state index in [0.29, 0.717) is 5.69 Å². The van der Waals surface area contributed by atoms with E-state index in [2.05, 4.69) is 11.4 Å². The van der Waals surface area contributed by atoms with Crippen molar-refractivity contribution >= 4 is 23.0 Å². The van der Waals surface area contributed by atoms with E-state index < -0.39 is 30.3 Å². The highest BCUT2D eigenvalue weighted by atomic mass is 16.6. The van der Waals surface area contributed by atoms with Crippen LogP contribution in [0.3, 0.4) is 0 Å². The van der Waals surface area contributed by atoms with Crippen molar-refractivity contribution in [3.63, 3.8) is 0 Å². The van der Waals surface area contributed by atoms with Crippen LogP contribution in [-0.2, 0) is 27.7 Å². The average molecular weight is 382 g/mol. The normalized spacial score (nSPS) is 11.9. The van der Waals surface area contributed by atoms with Crippen LogP contribution < -0.4 is 5.32 Å². The van der Waals surface area contributed by atoms with Gasteiger partial charge >= 0.3 is 12.1 Å². The van der Waals surface area contributed by atoms with Gasteiger partial charge in [-0.3, -0.25) is 0 Å². The van der Waals surface area contributed by atoms with Gasteiger partial charge in [0.1, 0.15) is 29.5 Å².